The van der Waals surface area contributed by atoms with Crippen molar-refractivity contribution in [3.63, 3.8) is 0 Å². The van der Waals surface area contributed by atoms with Gasteiger partial charge in [0.2, 0.25) is 0 Å². The number of nitrogens with zero attached hydrogens (tertiary/aromatic N) is 1. The third-order valence-corrected chi connectivity index (χ3v) is 2.26. The molecule has 0 saturated heterocycles. The van der Waals surface area contributed by atoms with Crippen molar-refractivity contribution in [3.8, 4) is 18.4 Å². The lowest BCUT2D eigenvalue weighted by atomic mass is 10.1. The summed E-state index contributed by atoms with van der Waals surface area (Å²) in [5.74, 6) is 2.59. The summed E-state index contributed by atoms with van der Waals surface area (Å²) in [4.78, 5) is 0. The molecule has 1 aromatic carbocycles. The lowest BCUT2D eigenvalue weighted by Crippen LogP contribution is -2.19. The molecule has 1 atom stereocenters. The zero-order valence-electron chi connectivity index (χ0n) is 8.83. The van der Waals surface area contributed by atoms with E-state index in [1.54, 1.807) is 0 Å². The molecule has 1 unspecified atom stereocenters. The summed E-state index contributed by atoms with van der Waals surface area (Å²) >= 11 is 0. The summed E-state index contributed by atoms with van der Waals surface area (Å²) in [6.07, 6.45) is 5.90. The van der Waals surface area contributed by atoms with Crippen molar-refractivity contribution in [1.82, 2.24) is 5.32 Å². The van der Waals surface area contributed by atoms with Crippen molar-refractivity contribution in [3.05, 3.63) is 35.4 Å². The van der Waals surface area contributed by atoms with Gasteiger partial charge in [0, 0.05) is 19.0 Å². The highest BCUT2D eigenvalue weighted by atomic mass is 14.9. The Hall–Kier alpha value is -1.77. The molecule has 0 aliphatic heterocycles. The second-order valence-corrected chi connectivity index (χ2v) is 3.36. The minimum Gasteiger partial charge on any atom is -0.309 e. The molecule has 0 bridgehead atoms. The highest BCUT2D eigenvalue weighted by Gasteiger charge is 2.03. The van der Waals surface area contributed by atoms with E-state index in [-0.39, 0.29) is 6.04 Å². The van der Waals surface area contributed by atoms with E-state index in [2.05, 4.69) is 24.2 Å². The predicted molar refractivity (Wildman–Crippen MR) is 61.0 cm³/mol. The number of hydrogen-bond acceptors (Lipinski definition) is 2. The second-order valence-electron chi connectivity index (χ2n) is 3.36. The molecular weight excluding hydrogens is 184 g/mol. The molecule has 0 heterocycles. The number of nitrogens with one attached hydrogen (secondary N) is 1. The van der Waals surface area contributed by atoms with Crippen LogP contribution in [0.4, 0.5) is 0 Å². The lowest BCUT2D eigenvalue weighted by molar-refractivity contribution is 0.584. The summed E-state index contributed by atoms with van der Waals surface area (Å²) in [6, 6.07) is 9.95. The molecule has 0 aromatic heterocycles. The number of rotatable bonds is 4. The van der Waals surface area contributed by atoms with Gasteiger partial charge in [0.1, 0.15) is 0 Å². The van der Waals surface area contributed by atoms with Crippen LogP contribution in [-0.2, 0) is 0 Å². The first kappa shape index (κ1) is 11.3. The maximum Gasteiger partial charge on any atom is 0.0991 e. The standard InChI is InChI=1S/C13H14N2/c1-3-4-9-15-11(2)13-7-5-12(10-14)6-8-13/h1,5-8,11,15H,4,9H2,2H3. The minimum atomic E-state index is 0.270. The molecule has 1 rings (SSSR count). The van der Waals surface area contributed by atoms with E-state index >= 15 is 0 Å². The molecule has 2 heteroatoms. The molecule has 0 saturated carbocycles. The van der Waals surface area contributed by atoms with Gasteiger partial charge < -0.3 is 5.32 Å². The van der Waals surface area contributed by atoms with E-state index in [1.807, 2.05) is 24.3 Å². The Kier molecular flexibility index (Phi) is 4.41. The zero-order valence-corrected chi connectivity index (χ0v) is 8.83. The fourth-order valence-electron chi connectivity index (χ4n) is 1.33. The van der Waals surface area contributed by atoms with E-state index in [1.165, 1.54) is 5.56 Å². The summed E-state index contributed by atoms with van der Waals surface area (Å²) in [5.41, 5.74) is 1.86. The minimum absolute atomic E-state index is 0.270. The lowest BCUT2D eigenvalue weighted by Gasteiger charge is -2.12. The fraction of sp³-hybridized carbons (Fsp3) is 0.308. The van der Waals surface area contributed by atoms with E-state index in [0.717, 1.165) is 13.0 Å². The Morgan fingerprint density at radius 3 is 2.60 bits per heavy atom. The van der Waals surface area contributed by atoms with Crippen LogP contribution in [0.2, 0.25) is 0 Å². The molecular formula is C13H14N2. The van der Waals surface area contributed by atoms with Crippen LogP contribution >= 0.6 is 0 Å². The van der Waals surface area contributed by atoms with Crippen molar-refractivity contribution in [2.75, 3.05) is 6.54 Å². The molecule has 2 nitrogen and oxygen atoms in total. The van der Waals surface area contributed by atoms with E-state index in [0.29, 0.717) is 5.56 Å². The van der Waals surface area contributed by atoms with Gasteiger partial charge in [-0.05, 0) is 24.6 Å². The fourth-order valence-corrected chi connectivity index (χ4v) is 1.33. The summed E-state index contributed by atoms with van der Waals surface area (Å²) in [6.45, 7) is 2.90. The van der Waals surface area contributed by atoms with E-state index < -0.39 is 0 Å². The van der Waals surface area contributed by atoms with Crippen LogP contribution in [0.5, 0.6) is 0 Å². The molecule has 0 radical (unpaired) electrons. The predicted octanol–water partition coefficient (Wildman–Crippen LogP) is 2.23. The quantitative estimate of drug-likeness (QED) is 0.595. The Morgan fingerprint density at radius 2 is 2.07 bits per heavy atom. The summed E-state index contributed by atoms with van der Waals surface area (Å²) in [7, 11) is 0. The Bertz CT molecular complexity index is 378. The molecule has 0 aliphatic carbocycles. The first-order valence-corrected chi connectivity index (χ1v) is 4.95. The van der Waals surface area contributed by atoms with Gasteiger partial charge in [0.25, 0.3) is 0 Å². The van der Waals surface area contributed by atoms with Crippen LogP contribution in [-0.4, -0.2) is 6.54 Å². The van der Waals surface area contributed by atoms with Crippen molar-refractivity contribution >= 4 is 0 Å². The van der Waals surface area contributed by atoms with Gasteiger partial charge >= 0.3 is 0 Å². The van der Waals surface area contributed by atoms with Gasteiger partial charge in [-0.15, -0.1) is 12.3 Å². The molecule has 0 amide bonds. The van der Waals surface area contributed by atoms with Gasteiger partial charge in [0.05, 0.1) is 11.6 Å². The highest BCUT2D eigenvalue weighted by Crippen LogP contribution is 2.12. The van der Waals surface area contributed by atoms with Gasteiger partial charge in [-0.3, -0.25) is 0 Å². The normalized spacial score (nSPS) is 11.4. The first-order chi connectivity index (χ1) is 7.27. The Balaban J connectivity index is 2.55. The zero-order chi connectivity index (χ0) is 11.1. The molecule has 0 fully saturated rings. The van der Waals surface area contributed by atoms with Crippen LogP contribution in [0.15, 0.2) is 24.3 Å². The van der Waals surface area contributed by atoms with Gasteiger partial charge in [-0.1, -0.05) is 12.1 Å². The largest absolute Gasteiger partial charge is 0.309 e. The van der Waals surface area contributed by atoms with Crippen LogP contribution in [0.3, 0.4) is 0 Å². The van der Waals surface area contributed by atoms with E-state index in [4.69, 9.17) is 11.7 Å². The maximum absolute atomic E-state index is 8.65. The SMILES string of the molecule is C#CCCNC(C)c1ccc(C#N)cc1. The van der Waals surface area contributed by atoms with Crippen molar-refractivity contribution in [1.29, 1.82) is 5.26 Å². The van der Waals surface area contributed by atoms with E-state index in [9.17, 15) is 0 Å². The third kappa shape index (κ3) is 3.46. The molecule has 76 valence electrons. The topological polar surface area (TPSA) is 35.8 Å². The van der Waals surface area contributed by atoms with Crippen LogP contribution in [0.25, 0.3) is 0 Å². The first-order valence-electron chi connectivity index (χ1n) is 4.95. The van der Waals surface area contributed by atoms with Crippen LogP contribution in [0, 0.1) is 23.7 Å². The van der Waals surface area contributed by atoms with Crippen LogP contribution < -0.4 is 5.32 Å². The number of nitriles is 1. The smallest absolute Gasteiger partial charge is 0.0991 e. The molecule has 1 N–H and O–H groups in total. The summed E-state index contributed by atoms with van der Waals surface area (Å²) in [5, 5.41) is 12.0. The monoisotopic (exact) mass is 198 g/mol. The maximum atomic E-state index is 8.65. The molecule has 0 spiro atoms. The summed E-state index contributed by atoms with van der Waals surface area (Å²) < 4.78 is 0. The highest BCUT2D eigenvalue weighted by molar-refractivity contribution is 5.32. The average Bonchev–Trinajstić information content (AvgIpc) is 2.29. The van der Waals surface area contributed by atoms with Gasteiger partial charge in [-0.2, -0.15) is 5.26 Å². The Morgan fingerprint density at radius 1 is 1.40 bits per heavy atom. The second kappa shape index (κ2) is 5.86. The molecule has 0 aliphatic rings. The third-order valence-electron chi connectivity index (χ3n) is 2.26. The van der Waals surface area contributed by atoms with Crippen LogP contribution in [0.1, 0.15) is 30.5 Å². The molecule has 15 heavy (non-hydrogen) atoms. The van der Waals surface area contributed by atoms with Crippen molar-refractivity contribution < 1.29 is 0 Å². The van der Waals surface area contributed by atoms with Gasteiger partial charge in [-0.25, -0.2) is 0 Å². The molecule has 1 aromatic rings. The van der Waals surface area contributed by atoms with Crippen molar-refractivity contribution in [2.45, 2.75) is 19.4 Å². The average molecular weight is 198 g/mol. The number of terminal acetylenes is 1. The van der Waals surface area contributed by atoms with Crippen molar-refractivity contribution in [2.24, 2.45) is 0 Å². The van der Waals surface area contributed by atoms with Gasteiger partial charge in [0.15, 0.2) is 0 Å². The number of benzene rings is 1. The number of hydrogen-bond donors (Lipinski definition) is 1. The Labute approximate surface area is 90.9 Å².